The fraction of sp³-hybridized carbons (Fsp3) is 0.290. The van der Waals surface area contributed by atoms with Crippen molar-refractivity contribution < 1.29 is 14.3 Å². The first-order valence-electron chi connectivity index (χ1n) is 12.6. The molecule has 3 aromatic carbocycles. The number of ether oxygens (including phenoxy) is 1. The highest BCUT2D eigenvalue weighted by molar-refractivity contribution is 7.99. The van der Waals surface area contributed by atoms with E-state index in [0.717, 1.165) is 45.7 Å². The zero-order valence-corrected chi connectivity index (χ0v) is 21.6. The second-order valence-electron chi connectivity index (χ2n) is 9.33. The number of thioether (sulfide) groups is 1. The maximum atomic E-state index is 13.8. The molecule has 1 heterocycles. The Morgan fingerprint density at radius 1 is 1.00 bits per heavy atom. The van der Waals surface area contributed by atoms with E-state index in [4.69, 9.17) is 4.74 Å². The lowest BCUT2D eigenvalue weighted by atomic mass is 9.71. The van der Waals surface area contributed by atoms with Gasteiger partial charge < -0.3 is 10.1 Å². The summed E-state index contributed by atoms with van der Waals surface area (Å²) < 4.78 is 5.73. The van der Waals surface area contributed by atoms with Gasteiger partial charge in [0, 0.05) is 35.1 Å². The quantitative estimate of drug-likeness (QED) is 0.298. The van der Waals surface area contributed by atoms with Crippen LogP contribution < -0.4 is 5.32 Å². The van der Waals surface area contributed by atoms with Gasteiger partial charge in [-0.25, -0.2) is 4.79 Å². The number of dihydropyridines is 1. The maximum absolute atomic E-state index is 13.8. The van der Waals surface area contributed by atoms with Crippen LogP contribution in [0, 0.1) is 0 Å². The molecule has 0 saturated carbocycles. The summed E-state index contributed by atoms with van der Waals surface area (Å²) in [6.45, 7) is 4.37. The number of rotatable bonds is 7. The van der Waals surface area contributed by atoms with Crippen molar-refractivity contribution in [1.82, 2.24) is 5.32 Å². The molecule has 0 amide bonds. The third-order valence-corrected chi connectivity index (χ3v) is 7.98. The summed E-state index contributed by atoms with van der Waals surface area (Å²) >= 11 is 1.74. The minimum atomic E-state index is -0.456. The number of Topliss-reactive ketones (excluding diaryl/α,β-unsaturated/α-hetero) is 1. The predicted molar refractivity (Wildman–Crippen MR) is 147 cm³/mol. The summed E-state index contributed by atoms with van der Waals surface area (Å²) in [5, 5.41) is 5.60. The number of benzene rings is 3. The van der Waals surface area contributed by atoms with Crippen LogP contribution in [0.1, 0.15) is 49.7 Å². The Morgan fingerprint density at radius 2 is 1.75 bits per heavy atom. The molecule has 0 saturated heterocycles. The second kappa shape index (κ2) is 10.8. The highest BCUT2D eigenvalue weighted by atomic mass is 32.2. The summed E-state index contributed by atoms with van der Waals surface area (Å²) in [5.74, 6) is 1.14. The molecule has 0 aromatic heterocycles. The van der Waals surface area contributed by atoms with E-state index in [2.05, 4.69) is 42.6 Å². The smallest absolute Gasteiger partial charge is 0.336 e. The molecule has 36 heavy (non-hydrogen) atoms. The molecular weight excluding hydrogens is 466 g/mol. The van der Waals surface area contributed by atoms with Crippen LogP contribution in [0.5, 0.6) is 0 Å². The summed E-state index contributed by atoms with van der Waals surface area (Å²) in [6, 6.07) is 24.5. The van der Waals surface area contributed by atoms with Crippen molar-refractivity contribution >= 4 is 34.3 Å². The fourth-order valence-electron chi connectivity index (χ4n) is 5.50. The zero-order chi connectivity index (χ0) is 25.1. The van der Waals surface area contributed by atoms with E-state index in [1.165, 1.54) is 5.56 Å². The topological polar surface area (TPSA) is 55.4 Å². The van der Waals surface area contributed by atoms with Gasteiger partial charge in [-0.2, -0.15) is 11.8 Å². The van der Waals surface area contributed by atoms with Crippen molar-refractivity contribution in [3.05, 3.63) is 106 Å². The Hall–Kier alpha value is -3.31. The van der Waals surface area contributed by atoms with E-state index < -0.39 is 5.92 Å². The van der Waals surface area contributed by atoms with E-state index in [0.29, 0.717) is 24.2 Å². The molecule has 0 bridgehead atoms. The van der Waals surface area contributed by atoms with E-state index in [1.807, 2.05) is 49.4 Å². The van der Waals surface area contributed by atoms with Gasteiger partial charge in [0.25, 0.3) is 0 Å². The SMILES string of the molecule is CCSCCOC(=O)C1=C(C)NC2=C(C(=O)CC(c3ccccc3)C2)C1c1cccc2ccccc12. The van der Waals surface area contributed by atoms with Gasteiger partial charge in [0.15, 0.2) is 5.78 Å². The second-order valence-corrected chi connectivity index (χ2v) is 10.7. The average Bonchev–Trinajstić information content (AvgIpc) is 2.90. The van der Waals surface area contributed by atoms with Crippen molar-refractivity contribution in [2.24, 2.45) is 0 Å². The van der Waals surface area contributed by atoms with Crippen molar-refractivity contribution in [2.75, 3.05) is 18.1 Å². The third-order valence-electron chi connectivity index (χ3n) is 7.12. The van der Waals surface area contributed by atoms with Crippen molar-refractivity contribution in [3.8, 4) is 0 Å². The molecule has 4 nitrogen and oxygen atoms in total. The summed E-state index contributed by atoms with van der Waals surface area (Å²) in [6.07, 6.45) is 1.17. The van der Waals surface area contributed by atoms with Gasteiger partial charge >= 0.3 is 5.97 Å². The molecule has 2 unspecified atom stereocenters. The number of nitrogens with one attached hydrogen (secondary N) is 1. The summed E-state index contributed by atoms with van der Waals surface area (Å²) in [7, 11) is 0. The van der Waals surface area contributed by atoms with Gasteiger partial charge in [-0.15, -0.1) is 0 Å². The number of esters is 1. The van der Waals surface area contributed by atoms with Gasteiger partial charge in [-0.1, -0.05) is 79.7 Å². The monoisotopic (exact) mass is 497 g/mol. The van der Waals surface area contributed by atoms with Crippen LogP contribution in [0.2, 0.25) is 0 Å². The van der Waals surface area contributed by atoms with E-state index in [9.17, 15) is 9.59 Å². The zero-order valence-electron chi connectivity index (χ0n) is 20.8. The van der Waals surface area contributed by atoms with Crippen molar-refractivity contribution in [2.45, 2.75) is 38.5 Å². The third kappa shape index (κ3) is 4.72. The molecule has 5 heteroatoms. The van der Waals surface area contributed by atoms with Crippen LogP contribution in [-0.2, 0) is 14.3 Å². The molecule has 0 radical (unpaired) electrons. The first-order valence-corrected chi connectivity index (χ1v) is 13.8. The first kappa shape index (κ1) is 24.4. The minimum absolute atomic E-state index is 0.0925. The number of hydrogen-bond donors (Lipinski definition) is 1. The first-order chi connectivity index (χ1) is 17.6. The number of hydrogen-bond acceptors (Lipinski definition) is 5. The van der Waals surface area contributed by atoms with Crippen LogP contribution in [-0.4, -0.2) is 29.9 Å². The molecule has 5 rings (SSSR count). The van der Waals surface area contributed by atoms with Gasteiger partial charge in [-0.05, 0) is 46.9 Å². The van der Waals surface area contributed by atoms with Gasteiger partial charge in [-0.3, -0.25) is 4.79 Å². The van der Waals surface area contributed by atoms with E-state index in [1.54, 1.807) is 11.8 Å². The molecule has 1 aliphatic carbocycles. The Morgan fingerprint density at radius 3 is 2.56 bits per heavy atom. The Kier molecular flexibility index (Phi) is 7.28. The van der Waals surface area contributed by atoms with Crippen LogP contribution in [0.15, 0.2) is 95.3 Å². The molecule has 2 aliphatic rings. The molecule has 3 aromatic rings. The van der Waals surface area contributed by atoms with E-state index >= 15 is 0 Å². The van der Waals surface area contributed by atoms with Crippen LogP contribution >= 0.6 is 11.8 Å². The minimum Gasteiger partial charge on any atom is -0.461 e. The molecule has 0 fully saturated rings. The van der Waals surface area contributed by atoms with Crippen LogP contribution in [0.4, 0.5) is 0 Å². The summed E-state index contributed by atoms with van der Waals surface area (Å²) in [5.41, 5.74) is 5.08. The molecular formula is C31H31NO3S. The molecule has 2 atom stereocenters. The number of allylic oxidation sites excluding steroid dienone is 3. The molecule has 0 spiro atoms. The van der Waals surface area contributed by atoms with E-state index in [-0.39, 0.29) is 17.7 Å². The fourth-order valence-corrected chi connectivity index (χ4v) is 5.99. The number of fused-ring (bicyclic) bond motifs is 1. The Balaban J connectivity index is 1.60. The van der Waals surface area contributed by atoms with Gasteiger partial charge in [0.2, 0.25) is 0 Å². The predicted octanol–water partition coefficient (Wildman–Crippen LogP) is 6.50. The largest absolute Gasteiger partial charge is 0.461 e. The highest BCUT2D eigenvalue weighted by Crippen LogP contribution is 2.47. The maximum Gasteiger partial charge on any atom is 0.336 e. The number of carbonyl (C=O) groups is 2. The Labute approximate surface area is 216 Å². The normalized spacial score (nSPS) is 19.8. The van der Waals surface area contributed by atoms with Crippen LogP contribution in [0.3, 0.4) is 0 Å². The van der Waals surface area contributed by atoms with Gasteiger partial charge in [0.1, 0.15) is 6.61 Å². The van der Waals surface area contributed by atoms with Crippen molar-refractivity contribution in [1.29, 1.82) is 0 Å². The lowest BCUT2D eigenvalue weighted by Gasteiger charge is -2.37. The molecule has 1 N–H and O–H groups in total. The average molecular weight is 498 g/mol. The Bertz CT molecular complexity index is 1350. The number of carbonyl (C=O) groups excluding carboxylic acids is 2. The lowest BCUT2D eigenvalue weighted by molar-refractivity contribution is -0.138. The number of ketones is 1. The summed E-state index contributed by atoms with van der Waals surface area (Å²) in [4.78, 5) is 27.3. The van der Waals surface area contributed by atoms with Gasteiger partial charge in [0.05, 0.1) is 5.57 Å². The van der Waals surface area contributed by atoms with Crippen molar-refractivity contribution in [3.63, 3.8) is 0 Å². The molecule has 1 aliphatic heterocycles. The molecule has 184 valence electrons. The van der Waals surface area contributed by atoms with Crippen LogP contribution in [0.25, 0.3) is 10.8 Å². The standard InChI is InChI=1S/C31H31NO3S/c1-3-36-17-16-35-31(34)28-20(2)32-26-18-23(21-10-5-4-6-11-21)19-27(33)30(26)29(28)25-15-9-13-22-12-7-8-14-24(22)25/h4-15,23,29,32H,3,16-19H2,1-2H3. The highest BCUT2D eigenvalue weighted by Gasteiger charge is 2.41. The lowest BCUT2D eigenvalue weighted by Crippen LogP contribution is -2.36.